The first-order valence-corrected chi connectivity index (χ1v) is 7.60. The maximum Gasteiger partial charge on any atom is 0.162 e. The monoisotopic (exact) mass is 275 g/mol. The van der Waals surface area contributed by atoms with Gasteiger partial charge in [0.25, 0.3) is 0 Å². The number of ketones is 1. The van der Waals surface area contributed by atoms with Crippen molar-refractivity contribution in [3.63, 3.8) is 0 Å². The van der Waals surface area contributed by atoms with Crippen LogP contribution in [0.3, 0.4) is 0 Å². The van der Waals surface area contributed by atoms with Crippen molar-refractivity contribution in [2.45, 2.75) is 39.5 Å². The molecule has 1 aliphatic rings. The summed E-state index contributed by atoms with van der Waals surface area (Å²) in [5.41, 5.74) is 7.64. The molecule has 1 atom stereocenters. The van der Waals surface area contributed by atoms with E-state index in [2.05, 4.69) is 13.8 Å². The Labute approximate surface area is 121 Å². The van der Waals surface area contributed by atoms with Gasteiger partial charge in [-0.3, -0.25) is 4.79 Å². The number of hydrogen-bond donors (Lipinski definition) is 1. The molecule has 0 spiro atoms. The van der Waals surface area contributed by atoms with E-state index in [0.29, 0.717) is 24.8 Å². The summed E-state index contributed by atoms with van der Waals surface area (Å²) in [6.07, 6.45) is 3.46. The van der Waals surface area contributed by atoms with Crippen LogP contribution in [0.1, 0.15) is 49.0 Å². The van der Waals surface area contributed by atoms with Crippen LogP contribution in [0.15, 0.2) is 18.2 Å². The Morgan fingerprint density at radius 2 is 2.15 bits per heavy atom. The van der Waals surface area contributed by atoms with Gasteiger partial charge in [-0.1, -0.05) is 13.8 Å². The molecule has 20 heavy (non-hydrogen) atoms. The molecule has 0 fully saturated rings. The van der Waals surface area contributed by atoms with Crippen LogP contribution in [-0.2, 0) is 6.42 Å². The first-order valence-electron chi connectivity index (χ1n) is 7.60. The number of carbonyl (C=O) groups is 1. The topological polar surface area (TPSA) is 52.3 Å². The van der Waals surface area contributed by atoms with Crippen molar-refractivity contribution in [1.82, 2.24) is 0 Å². The molecule has 0 amide bonds. The average Bonchev–Trinajstić information content (AvgIpc) is 2.89. The smallest absolute Gasteiger partial charge is 0.162 e. The van der Waals surface area contributed by atoms with E-state index in [0.717, 1.165) is 37.2 Å². The molecule has 1 heterocycles. The molecular weight excluding hydrogens is 250 g/mol. The Bertz CT molecular complexity index is 468. The molecule has 0 aliphatic carbocycles. The summed E-state index contributed by atoms with van der Waals surface area (Å²) < 4.78 is 5.47. The SMILES string of the molecule is CC(C)C(CCN)CCC(=O)c1ccc2c(c1)CCO2. The highest BCUT2D eigenvalue weighted by Crippen LogP contribution is 2.27. The van der Waals surface area contributed by atoms with E-state index in [-0.39, 0.29) is 5.78 Å². The van der Waals surface area contributed by atoms with Gasteiger partial charge in [0.15, 0.2) is 5.78 Å². The Kier molecular flexibility index (Phi) is 5.18. The fourth-order valence-electron chi connectivity index (χ4n) is 2.85. The summed E-state index contributed by atoms with van der Waals surface area (Å²) in [5, 5.41) is 0. The molecule has 1 aromatic carbocycles. The minimum absolute atomic E-state index is 0.238. The van der Waals surface area contributed by atoms with Crippen molar-refractivity contribution >= 4 is 5.78 Å². The zero-order valence-corrected chi connectivity index (χ0v) is 12.5. The molecule has 1 aliphatic heterocycles. The van der Waals surface area contributed by atoms with Gasteiger partial charge in [0.05, 0.1) is 6.61 Å². The maximum atomic E-state index is 12.3. The second-order valence-electron chi connectivity index (χ2n) is 5.96. The van der Waals surface area contributed by atoms with Crippen LogP contribution in [0.4, 0.5) is 0 Å². The van der Waals surface area contributed by atoms with Gasteiger partial charge in [0.1, 0.15) is 5.75 Å². The van der Waals surface area contributed by atoms with Crippen LogP contribution < -0.4 is 10.5 Å². The summed E-state index contributed by atoms with van der Waals surface area (Å²) in [7, 11) is 0. The zero-order valence-electron chi connectivity index (χ0n) is 12.5. The van der Waals surface area contributed by atoms with E-state index in [1.807, 2.05) is 18.2 Å². The van der Waals surface area contributed by atoms with Gasteiger partial charge in [-0.05, 0) is 55.0 Å². The Balaban J connectivity index is 1.94. The Hall–Kier alpha value is -1.35. The van der Waals surface area contributed by atoms with Gasteiger partial charge < -0.3 is 10.5 Å². The Morgan fingerprint density at radius 1 is 1.35 bits per heavy atom. The highest BCUT2D eigenvalue weighted by Gasteiger charge is 2.17. The van der Waals surface area contributed by atoms with E-state index in [4.69, 9.17) is 10.5 Å². The second-order valence-corrected chi connectivity index (χ2v) is 5.96. The van der Waals surface area contributed by atoms with Gasteiger partial charge in [-0.15, -0.1) is 0 Å². The van der Waals surface area contributed by atoms with Gasteiger partial charge in [0, 0.05) is 18.4 Å². The van der Waals surface area contributed by atoms with Crippen molar-refractivity contribution in [2.24, 2.45) is 17.6 Å². The minimum Gasteiger partial charge on any atom is -0.493 e. The summed E-state index contributed by atoms with van der Waals surface area (Å²) in [4.78, 5) is 12.3. The standard InChI is InChI=1S/C17H25NO2/c1-12(2)13(7-9-18)3-5-16(19)14-4-6-17-15(11-14)8-10-20-17/h4,6,11-13H,3,5,7-10,18H2,1-2H3. The molecular formula is C17H25NO2. The number of Topliss-reactive ketones (excluding diaryl/α,β-unsaturated/α-hetero) is 1. The fourth-order valence-corrected chi connectivity index (χ4v) is 2.85. The lowest BCUT2D eigenvalue weighted by Gasteiger charge is -2.19. The molecule has 0 aromatic heterocycles. The van der Waals surface area contributed by atoms with Gasteiger partial charge in [-0.25, -0.2) is 0 Å². The molecule has 1 unspecified atom stereocenters. The molecule has 2 rings (SSSR count). The zero-order chi connectivity index (χ0) is 14.5. The third-order valence-electron chi connectivity index (χ3n) is 4.23. The summed E-state index contributed by atoms with van der Waals surface area (Å²) in [6, 6.07) is 5.81. The molecule has 0 radical (unpaired) electrons. The second kappa shape index (κ2) is 6.89. The highest BCUT2D eigenvalue weighted by atomic mass is 16.5. The van der Waals surface area contributed by atoms with Crippen molar-refractivity contribution in [3.05, 3.63) is 29.3 Å². The van der Waals surface area contributed by atoms with E-state index < -0.39 is 0 Å². The number of hydrogen-bond acceptors (Lipinski definition) is 3. The predicted octanol–water partition coefficient (Wildman–Crippen LogP) is 3.21. The van der Waals surface area contributed by atoms with Gasteiger partial charge in [0.2, 0.25) is 0 Å². The van der Waals surface area contributed by atoms with Crippen LogP contribution in [0.25, 0.3) is 0 Å². The van der Waals surface area contributed by atoms with Gasteiger partial charge in [-0.2, -0.15) is 0 Å². The number of nitrogens with two attached hydrogens (primary N) is 1. The molecule has 110 valence electrons. The maximum absolute atomic E-state index is 12.3. The highest BCUT2D eigenvalue weighted by molar-refractivity contribution is 5.96. The lowest BCUT2D eigenvalue weighted by atomic mass is 9.87. The van der Waals surface area contributed by atoms with Crippen LogP contribution in [0, 0.1) is 11.8 Å². The van der Waals surface area contributed by atoms with Crippen molar-refractivity contribution in [1.29, 1.82) is 0 Å². The number of carbonyl (C=O) groups excluding carboxylic acids is 1. The third-order valence-corrected chi connectivity index (χ3v) is 4.23. The normalized spacial score (nSPS) is 15.0. The quantitative estimate of drug-likeness (QED) is 0.777. The largest absolute Gasteiger partial charge is 0.493 e. The first-order chi connectivity index (χ1) is 9.61. The average molecular weight is 275 g/mol. The van der Waals surface area contributed by atoms with Gasteiger partial charge >= 0.3 is 0 Å². The lowest BCUT2D eigenvalue weighted by molar-refractivity contribution is 0.0969. The number of rotatable bonds is 7. The van der Waals surface area contributed by atoms with Crippen molar-refractivity contribution < 1.29 is 9.53 Å². The van der Waals surface area contributed by atoms with E-state index in [1.54, 1.807) is 0 Å². The molecule has 3 nitrogen and oxygen atoms in total. The molecule has 0 saturated carbocycles. The Morgan fingerprint density at radius 3 is 2.85 bits per heavy atom. The van der Waals surface area contributed by atoms with E-state index in [9.17, 15) is 4.79 Å². The molecule has 1 aromatic rings. The summed E-state index contributed by atoms with van der Waals surface area (Å²) in [5.74, 6) is 2.30. The van der Waals surface area contributed by atoms with Crippen LogP contribution in [0.2, 0.25) is 0 Å². The fraction of sp³-hybridized carbons (Fsp3) is 0.588. The third kappa shape index (κ3) is 3.60. The molecule has 3 heteroatoms. The van der Waals surface area contributed by atoms with Crippen LogP contribution in [-0.4, -0.2) is 18.9 Å². The minimum atomic E-state index is 0.238. The number of ether oxygens (including phenoxy) is 1. The number of benzene rings is 1. The predicted molar refractivity (Wildman–Crippen MR) is 81.2 cm³/mol. The van der Waals surface area contributed by atoms with Crippen molar-refractivity contribution in [3.8, 4) is 5.75 Å². The molecule has 0 bridgehead atoms. The molecule has 2 N–H and O–H groups in total. The summed E-state index contributed by atoms with van der Waals surface area (Å²) in [6.45, 7) is 5.85. The first kappa shape index (κ1) is 15.0. The van der Waals surface area contributed by atoms with Crippen molar-refractivity contribution in [2.75, 3.05) is 13.2 Å². The number of fused-ring (bicyclic) bond motifs is 1. The molecule has 0 saturated heterocycles. The van der Waals surface area contributed by atoms with E-state index >= 15 is 0 Å². The summed E-state index contributed by atoms with van der Waals surface area (Å²) >= 11 is 0. The lowest BCUT2D eigenvalue weighted by Crippen LogP contribution is -2.16. The van der Waals surface area contributed by atoms with E-state index in [1.165, 1.54) is 5.56 Å². The van der Waals surface area contributed by atoms with Crippen LogP contribution in [0.5, 0.6) is 5.75 Å². The van der Waals surface area contributed by atoms with Crippen LogP contribution >= 0.6 is 0 Å².